The standard InChI is InChI=1S/C15H15F/c1-11(2)13-8-9-15(16)14(10-13)12-6-4-3-5-7-12/h3-11H,1-2H3. The van der Waals surface area contributed by atoms with Gasteiger partial charge in [-0.2, -0.15) is 0 Å². The van der Waals surface area contributed by atoms with Crippen molar-refractivity contribution in [2.24, 2.45) is 0 Å². The highest BCUT2D eigenvalue weighted by Gasteiger charge is 2.07. The number of hydrogen-bond acceptors (Lipinski definition) is 0. The van der Waals surface area contributed by atoms with Crippen molar-refractivity contribution >= 4 is 0 Å². The van der Waals surface area contributed by atoms with Crippen LogP contribution in [0.2, 0.25) is 0 Å². The molecule has 0 saturated heterocycles. The van der Waals surface area contributed by atoms with Gasteiger partial charge in [0, 0.05) is 5.56 Å². The van der Waals surface area contributed by atoms with Gasteiger partial charge >= 0.3 is 0 Å². The quantitative estimate of drug-likeness (QED) is 0.684. The maximum atomic E-state index is 13.7. The summed E-state index contributed by atoms with van der Waals surface area (Å²) >= 11 is 0. The Kier molecular flexibility index (Phi) is 3.04. The Bertz CT molecular complexity index is 472. The fourth-order valence-electron chi connectivity index (χ4n) is 1.74. The number of hydrogen-bond donors (Lipinski definition) is 0. The lowest BCUT2D eigenvalue weighted by molar-refractivity contribution is 0.630. The van der Waals surface area contributed by atoms with Gasteiger partial charge in [-0.3, -0.25) is 0 Å². The van der Waals surface area contributed by atoms with Gasteiger partial charge < -0.3 is 0 Å². The molecular weight excluding hydrogens is 199 g/mol. The van der Waals surface area contributed by atoms with E-state index in [-0.39, 0.29) is 5.82 Å². The molecule has 0 fully saturated rings. The van der Waals surface area contributed by atoms with E-state index < -0.39 is 0 Å². The molecule has 0 aromatic heterocycles. The van der Waals surface area contributed by atoms with Crippen molar-refractivity contribution in [1.82, 2.24) is 0 Å². The first-order valence-electron chi connectivity index (χ1n) is 5.53. The van der Waals surface area contributed by atoms with Crippen LogP contribution in [0.15, 0.2) is 48.5 Å². The number of benzene rings is 2. The SMILES string of the molecule is CC(C)c1ccc(F)c(-c2ccccc2)c1. The van der Waals surface area contributed by atoms with Crippen LogP contribution in [-0.4, -0.2) is 0 Å². The third kappa shape index (κ3) is 2.13. The van der Waals surface area contributed by atoms with E-state index in [0.717, 1.165) is 5.56 Å². The Hall–Kier alpha value is -1.63. The van der Waals surface area contributed by atoms with E-state index in [1.54, 1.807) is 6.07 Å². The van der Waals surface area contributed by atoms with Crippen LogP contribution in [0.25, 0.3) is 11.1 Å². The van der Waals surface area contributed by atoms with Crippen molar-refractivity contribution in [1.29, 1.82) is 0 Å². The second kappa shape index (κ2) is 4.48. The lowest BCUT2D eigenvalue weighted by atomic mass is 9.97. The molecule has 2 aromatic carbocycles. The topological polar surface area (TPSA) is 0 Å². The molecule has 0 spiro atoms. The molecule has 0 amide bonds. The van der Waals surface area contributed by atoms with Crippen LogP contribution in [0, 0.1) is 5.82 Å². The molecule has 0 N–H and O–H groups in total. The van der Waals surface area contributed by atoms with Crippen molar-refractivity contribution in [2.75, 3.05) is 0 Å². The van der Waals surface area contributed by atoms with Gasteiger partial charge in [-0.1, -0.05) is 50.2 Å². The van der Waals surface area contributed by atoms with Crippen LogP contribution in [0.3, 0.4) is 0 Å². The van der Waals surface area contributed by atoms with Crippen LogP contribution in [0.4, 0.5) is 4.39 Å². The molecule has 0 heterocycles. The van der Waals surface area contributed by atoms with Gasteiger partial charge in [-0.05, 0) is 29.2 Å². The van der Waals surface area contributed by atoms with E-state index in [4.69, 9.17) is 0 Å². The summed E-state index contributed by atoms with van der Waals surface area (Å²) in [5.74, 6) is 0.263. The van der Waals surface area contributed by atoms with Gasteiger partial charge in [0.05, 0.1) is 0 Å². The highest BCUT2D eigenvalue weighted by Crippen LogP contribution is 2.26. The summed E-state index contributed by atoms with van der Waals surface area (Å²) in [7, 11) is 0. The smallest absolute Gasteiger partial charge is 0.131 e. The van der Waals surface area contributed by atoms with Crippen LogP contribution < -0.4 is 0 Å². The molecule has 0 aliphatic rings. The molecule has 2 aromatic rings. The van der Waals surface area contributed by atoms with E-state index in [1.807, 2.05) is 42.5 Å². The first-order chi connectivity index (χ1) is 7.68. The Labute approximate surface area is 95.7 Å². The molecular formula is C15H15F. The fraction of sp³-hybridized carbons (Fsp3) is 0.200. The van der Waals surface area contributed by atoms with E-state index in [1.165, 1.54) is 5.56 Å². The molecule has 2 rings (SSSR count). The highest BCUT2D eigenvalue weighted by atomic mass is 19.1. The summed E-state index contributed by atoms with van der Waals surface area (Å²) < 4.78 is 13.7. The first kappa shape index (κ1) is 10.9. The number of halogens is 1. The third-order valence-electron chi connectivity index (χ3n) is 2.74. The molecule has 82 valence electrons. The first-order valence-corrected chi connectivity index (χ1v) is 5.53. The average Bonchev–Trinajstić information content (AvgIpc) is 2.30. The Morgan fingerprint density at radius 3 is 2.25 bits per heavy atom. The van der Waals surface area contributed by atoms with Gasteiger partial charge in [0.25, 0.3) is 0 Å². The molecule has 0 radical (unpaired) electrons. The summed E-state index contributed by atoms with van der Waals surface area (Å²) in [6.07, 6.45) is 0. The Morgan fingerprint density at radius 1 is 0.938 bits per heavy atom. The van der Waals surface area contributed by atoms with Crippen molar-refractivity contribution in [2.45, 2.75) is 19.8 Å². The number of rotatable bonds is 2. The zero-order chi connectivity index (χ0) is 11.5. The minimum atomic E-state index is -0.157. The molecule has 0 aliphatic carbocycles. The second-order valence-corrected chi connectivity index (χ2v) is 4.26. The minimum absolute atomic E-state index is 0.157. The van der Waals surface area contributed by atoms with Crippen LogP contribution in [0.5, 0.6) is 0 Å². The maximum Gasteiger partial charge on any atom is 0.131 e. The van der Waals surface area contributed by atoms with Crippen LogP contribution in [-0.2, 0) is 0 Å². The Balaban J connectivity index is 2.52. The fourth-order valence-corrected chi connectivity index (χ4v) is 1.74. The molecule has 0 saturated carbocycles. The van der Waals surface area contributed by atoms with Crippen molar-refractivity contribution < 1.29 is 4.39 Å². The summed E-state index contributed by atoms with van der Waals surface area (Å²) in [5.41, 5.74) is 2.79. The van der Waals surface area contributed by atoms with Gasteiger partial charge in [-0.15, -0.1) is 0 Å². The van der Waals surface area contributed by atoms with E-state index in [0.29, 0.717) is 11.5 Å². The van der Waals surface area contributed by atoms with Gasteiger partial charge in [0.15, 0.2) is 0 Å². The maximum absolute atomic E-state index is 13.7. The average molecular weight is 214 g/mol. The summed E-state index contributed by atoms with van der Waals surface area (Å²) in [6.45, 7) is 4.23. The second-order valence-electron chi connectivity index (χ2n) is 4.26. The van der Waals surface area contributed by atoms with Gasteiger partial charge in [-0.25, -0.2) is 4.39 Å². The minimum Gasteiger partial charge on any atom is -0.206 e. The van der Waals surface area contributed by atoms with Crippen molar-refractivity contribution in [3.05, 3.63) is 59.9 Å². The predicted molar refractivity (Wildman–Crippen MR) is 65.9 cm³/mol. The molecule has 0 unspecified atom stereocenters. The summed E-state index contributed by atoms with van der Waals surface area (Å²) in [4.78, 5) is 0. The van der Waals surface area contributed by atoms with Crippen LogP contribution in [0.1, 0.15) is 25.3 Å². The largest absolute Gasteiger partial charge is 0.206 e. The lowest BCUT2D eigenvalue weighted by Gasteiger charge is -2.09. The molecule has 0 aliphatic heterocycles. The lowest BCUT2D eigenvalue weighted by Crippen LogP contribution is -1.91. The van der Waals surface area contributed by atoms with Gasteiger partial charge in [0.2, 0.25) is 0 Å². The summed E-state index contributed by atoms with van der Waals surface area (Å²) in [5, 5.41) is 0. The predicted octanol–water partition coefficient (Wildman–Crippen LogP) is 4.62. The summed E-state index contributed by atoms with van der Waals surface area (Å²) in [6, 6.07) is 15.0. The normalized spacial score (nSPS) is 10.8. The molecule has 1 heteroatoms. The third-order valence-corrected chi connectivity index (χ3v) is 2.74. The molecule has 0 bridgehead atoms. The molecule has 0 nitrogen and oxygen atoms in total. The monoisotopic (exact) mass is 214 g/mol. The van der Waals surface area contributed by atoms with E-state index >= 15 is 0 Å². The zero-order valence-electron chi connectivity index (χ0n) is 9.57. The van der Waals surface area contributed by atoms with Crippen molar-refractivity contribution in [3.8, 4) is 11.1 Å². The Morgan fingerprint density at radius 2 is 1.62 bits per heavy atom. The highest BCUT2D eigenvalue weighted by molar-refractivity contribution is 5.64. The molecule has 0 atom stereocenters. The van der Waals surface area contributed by atoms with Crippen molar-refractivity contribution in [3.63, 3.8) is 0 Å². The zero-order valence-corrected chi connectivity index (χ0v) is 9.57. The molecule has 16 heavy (non-hydrogen) atoms. The van der Waals surface area contributed by atoms with Gasteiger partial charge in [0.1, 0.15) is 5.82 Å². The van der Waals surface area contributed by atoms with E-state index in [9.17, 15) is 4.39 Å². The van der Waals surface area contributed by atoms with E-state index in [2.05, 4.69) is 13.8 Å². The van der Waals surface area contributed by atoms with Crippen LogP contribution >= 0.6 is 0 Å².